The average molecular weight is 821 g/mol. The van der Waals surface area contributed by atoms with Crippen molar-refractivity contribution in [2.45, 2.75) is 118 Å². The number of likely N-dealkylation sites (tertiary alicyclic amines) is 2. The van der Waals surface area contributed by atoms with Gasteiger partial charge in [-0.3, -0.25) is 10.1 Å². The third kappa shape index (κ3) is 8.35. The molecular formula is C46H64N10O2S. The van der Waals surface area contributed by atoms with Crippen LogP contribution < -0.4 is 16.8 Å². The Bertz CT molecular complexity index is 2220. The van der Waals surface area contributed by atoms with Crippen LogP contribution in [0, 0.1) is 28.6 Å². The second kappa shape index (κ2) is 15.9. The Morgan fingerprint density at radius 2 is 1.75 bits per heavy atom. The number of nitrogens with two attached hydrogens (primary N) is 2. The number of thiazole rings is 1. The van der Waals surface area contributed by atoms with Crippen LogP contribution in [0.25, 0.3) is 15.8 Å². The lowest BCUT2D eigenvalue weighted by Crippen LogP contribution is -2.55. The molecule has 12 nitrogen and oxygen atoms in total. The highest BCUT2D eigenvalue weighted by Crippen LogP contribution is 2.65. The number of nitrogens with zero attached hydrogens (tertiary/aromatic N) is 6. The fourth-order valence-corrected chi connectivity index (χ4v) is 12.9. The zero-order valence-corrected chi connectivity index (χ0v) is 36.8. The molecule has 5 heterocycles. The molecule has 4 fully saturated rings. The smallest absolute Gasteiger partial charge is 0.212 e. The number of aliphatic hydroxyl groups excluding tert-OH is 1. The molecule has 2 bridgehead atoms. The van der Waals surface area contributed by atoms with Gasteiger partial charge in [-0.1, -0.05) is 44.2 Å². The number of piperidine rings is 1. The van der Waals surface area contributed by atoms with Crippen molar-refractivity contribution in [2.75, 3.05) is 32.8 Å². The van der Waals surface area contributed by atoms with Crippen molar-refractivity contribution in [3.8, 4) is 0 Å². The normalized spacial score (nSPS) is 31.0. The van der Waals surface area contributed by atoms with Gasteiger partial charge in [0, 0.05) is 42.0 Å². The number of fused-ring (bicyclic) bond motifs is 3. The Morgan fingerprint density at radius 1 is 1.02 bits per heavy atom. The molecule has 5 aliphatic rings. The number of hydrogen-bond acceptors (Lipinski definition) is 10. The number of para-hydroxylation sites is 1. The standard InChI is InChI=1S/C46H64N10O2S/c1-7-46(27-43(4)24-44(5,28-46)26-45(6,25-43)58-22-21-54-18-10-11-19-54)29-56-31(3)34(23-50-56)33-16-17-37(52-38(33)41(49)57)55-20-12-13-32(40(55)48)30(2)39(47)53-42-51-35-14-8-9-15-36(35)59-42/h8-9,14-17,23,48,52,57H,7,10-13,18-22,24-29,49H2,1-6H3,(H2,47,51,53)/b32-30-,41-38+,48-40?. The van der Waals surface area contributed by atoms with Crippen molar-refractivity contribution in [2.24, 2.45) is 32.7 Å². The van der Waals surface area contributed by atoms with Gasteiger partial charge in [0.1, 0.15) is 23.2 Å². The predicted molar refractivity (Wildman–Crippen MR) is 239 cm³/mol. The highest BCUT2D eigenvalue weighted by molar-refractivity contribution is 7.22. The number of aliphatic imine (C=N–C) groups is 1. The Balaban J connectivity index is 0.995. The van der Waals surface area contributed by atoms with Gasteiger partial charge in [0.15, 0.2) is 0 Å². The maximum Gasteiger partial charge on any atom is 0.212 e. The molecule has 3 aromatic rings. The van der Waals surface area contributed by atoms with Gasteiger partial charge in [0.2, 0.25) is 11.0 Å². The molecule has 1 aromatic carbocycles. The third-order valence-electron chi connectivity index (χ3n) is 13.9. The van der Waals surface area contributed by atoms with Gasteiger partial charge in [-0.15, -0.1) is 0 Å². The van der Waals surface area contributed by atoms with E-state index in [1.54, 1.807) is 0 Å². The van der Waals surface area contributed by atoms with Crippen LogP contribution in [-0.2, 0) is 11.3 Å². The largest absolute Gasteiger partial charge is 0.493 e. The molecule has 59 heavy (non-hydrogen) atoms. The molecule has 2 aromatic heterocycles. The van der Waals surface area contributed by atoms with Gasteiger partial charge in [-0.25, -0.2) is 9.98 Å². The Kier molecular flexibility index (Phi) is 11.1. The Morgan fingerprint density at radius 3 is 2.44 bits per heavy atom. The van der Waals surface area contributed by atoms with Crippen molar-refractivity contribution in [3.63, 3.8) is 0 Å². The van der Waals surface area contributed by atoms with Gasteiger partial charge < -0.3 is 36.4 Å². The van der Waals surface area contributed by atoms with E-state index in [0.29, 0.717) is 41.3 Å². The van der Waals surface area contributed by atoms with Crippen molar-refractivity contribution in [1.29, 1.82) is 5.41 Å². The number of benzene rings is 1. The summed E-state index contributed by atoms with van der Waals surface area (Å²) in [6.45, 7) is 19.6. The first kappa shape index (κ1) is 41.3. The van der Waals surface area contributed by atoms with E-state index in [2.05, 4.69) is 59.5 Å². The first-order valence-electron chi connectivity index (χ1n) is 21.6. The number of allylic oxidation sites excluding steroid dienone is 3. The van der Waals surface area contributed by atoms with Crippen molar-refractivity contribution < 1.29 is 9.84 Å². The number of nitrogens with one attached hydrogen (secondary N) is 2. The first-order valence-corrected chi connectivity index (χ1v) is 22.5. The SMILES string of the molecule is CCC1(Cn2ncc(C3=CC=C(N4CCC/C(=C(C)/C(N)=N/c5nc6ccccc6s5)C4=N)N/C3=C(\N)O)c2C)CC2(C)CC(C)(C1)CC(C)(OCCN1CCCC1)C2. The minimum atomic E-state index is -0.312. The molecule has 8 rings (SSSR count). The van der Waals surface area contributed by atoms with E-state index >= 15 is 0 Å². The van der Waals surface area contributed by atoms with E-state index in [0.717, 1.165) is 96.4 Å². The summed E-state index contributed by atoms with van der Waals surface area (Å²) in [5.74, 6) is 1.04. The monoisotopic (exact) mass is 820 g/mol. The number of ether oxygens (including phenoxy) is 1. The maximum atomic E-state index is 10.9. The third-order valence-corrected chi connectivity index (χ3v) is 14.9. The highest BCUT2D eigenvalue weighted by Gasteiger charge is 2.58. The average Bonchev–Trinajstić information content (AvgIpc) is 3.93. The summed E-state index contributed by atoms with van der Waals surface area (Å²) in [6.07, 6.45) is 16.8. The topological polar surface area (TPSA) is 167 Å². The van der Waals surface area contributed by atoms with Crippen LogP contribution in [0.15, 0.2) is 76.2 Å². The van der Waals surface area contributed by atoms with Crippen molar-refractivity contribution >= 4 is 43.9 Å². The molecule has 0 radical (unpaired) electrons. The van der Waals surface area contributed by atoms with Crippen molar-refractivity contribution in [1.82, 2.24) is 29.9 Å². The van der Waals surface area contributed by atoms with E-state index < -0.39 is 0 Å². The van der Waals surface area contributed by atoms with Gasteiger partial charge in [0.05, 0.1) is 28.6 Å². The second-order valence-electron chi connectivity index (χ2n) is 19.2. The minimum Gasteiger partial charge on any atom is -0.493 e. The molecule has 2 atom stereocenters. The number of aliphatic hydroxyl groups is 1. The van der Waals surface area contributed by atoms with Crippen LogP contribution in [0.1, 0.15) is 110 Å². The second-order valence-corrected chi connectivity index (χ2v) is 20.2. The highest BCUT2D eigenvalue weighted by atomic mass is 32.1. The number of dihydropyridines is 1. The first-order chi connectivity index (χ1) is 28.1. The summed E-state index contributed by atoms with van der Waals surface area (Å²) in [6, 6.07) is 7.93. The minimum absolute atomic E-state index is 0.0985. The predicted octanol–water partition coefficient (Wildman–Crippen LogP) is 8.65. The number of rotatable bonds is 11. The fraction of sp³-hybridized carbons (Fsp3) is 0.565. The van der Waals surface area contributed by atoms with E-state index in [9.17, 15) is 10.5 Å². The summed E-state index contributed by atoms with van der Waals surface area (Å²) in [5.41, 5.74) is 18.7. The van der Waals surface area contributed by atoms with Crippen LogP contribution >= 0.6 is 11.3 Å². The molecule has 2 saturated carbocycles. The number of hydrogen-bond donors (Lipinski definition) is 5. The van der Waals surface area contributed by atoms with Crippen LogP contribution in [0.3, 0.4) is 0 Å². The van der Waals surface area contributed by atoms with Crippen LogP contribution in [-0.4, -0.2) is 79.7 Å². The van der Waals surface area contributed by atoms with E-state index in [4.69, 9.17) is 21.3 Å². The number of aromatic nitrogens is 3. The van der Waals surface area contributed by atoms with Crippen LogP contribution in [0.5, 0.6) is 0 Å². The maximum absolute atomic E-state index is 10.9. The number of amidine groups is 2. The van der Waals surface area contributed by atoms with Crippen molar-refractivity contribution in [3.05, 3.63) is 82.4 Å². The molecule has 2 saturated heterocycles. The summed E-state index contributed by atoms with van der Waals surface area (Å²) in [4.78, 5) is 13.7. The molecule has 0 amide bonds. The molecule has 7 N–H and O–H groups in total. The van der Waals surface area contributed by atoms with E-state index in [1.807, 2.05) is 54.4 Å². The molecule has 3 aliphatic heterocycles. The molecule has 2 aliphatic carbocycles. The van der Waals surface area contributed by atoms with Gasteiger partial charge >= 0.3 is 0 Å². The zero-order chi connectivity index (χ0) is 41.7. The summed E-state index contributed by atoms with van der Waals surface area (Å²) >= 11 is 1.49. The molecular weight excluding hydrogens is 757 g/mol. The quantitative estimate of drug-likeness (QED) is 0.0723. The summed E-state index contributed by atoms with van der Waals surface area (Å²) in [7, 11) is 0. The lowest BCUT2D eigenvalue weighted by Gasteiger charge is -2.61. The molecule has 2 unspecified atom stereocenters. The summed E-state index contributed by atoms with van der Waals surface area (Å²) in [5, 5.41) is 29.2. The lowest BCUT2D eigenvalue weighted by molar-refractivity contribution is -0.174. The Hall–Kier alpha value is -4.46. The molecule has 316 valence electrons. The Labute approximate surface area is 353 Å². The van der Waals surface area contributed by atoms with Crippen LogP contribution in [0.2, 0.25) is 0 Å². The summed E-state index contributed by atoms with van der Waals surface area (Å²) < 4.78 is 10.0. The van der Waals surface area contributed by atoms with Gasteiger partial charge in [0.25, 0.3) is 0 Å². The lowest BCUT2D eigenvalue weighted by atomic mass is 9.46. The van der Waals surface area contributed by atoms with Gasteiger partial charge in [-0.2, -0.15) is 5.10 Å². The molecule has 13 heteroatoms. The van der Waals surface area contributed by atoms with E-state index in [1.165, 1.54) is 43.7 Å². The van der Waals surface area contributed by atoms with Gasteiger partial charge in [-0.05, 0) is 144 Å². The van der Waals surface area contributed by atoms with E-state index in [-0.39, 0.29) is 27.7 Å². The van der Waals surface area contributed by atoms with Crippen LogP contribution in [0.4, 0.5) is 5.13 Å². The molecule has 0 spiro atoms. The zero-order valence-electron chi connectivity index (χ0n) is 36.0. The fourth-order valence-electron chi connectivity index (χ4n) is 12.1.